The SMILES string of the molecule is CC(C)(C)c1ccc(N2B3c4cccc5c4N(c4ccccc4C5(C)C)c4c3c(cc3ccccc43)-c3c2ccc2c3oc3ccccc32)cc1. The lowest BCUT2D eigenvalue weighted by Crippen LogP contribution is -2.62. The fraction of sp³-hybridized carbons (Fsp3) is 0.149. The monoisotopic (exact) mass is 656 g/mol. The van der Waals surface area contributed by atoms with Crippen molar-refractivity contribution in [1.29, 1.82) is 0 Å². The van der Waals surface area contributed by atoms with E-state index in [0.717, 1.165) is 27.5 Å². The van der Waals surface area contributed by atoms with Crippen LogP contribution >= 0.6 is 0 Å². The molecular weight excluding hydrogens is 619 g/mol. The molecule has 0 spiro atoms. The third-order valence-electron chi connectivity index (χ3n) is 12.0. The molecule has 3 aliphatic heterocycles. The fourth-order valence-corrected chi connectivity index (χ4v) is 9.51. The van der Waals surface area contributed by atoms with Gasteiger partial charge < -0.3 is 14.1 Å². The van der Waals surface area contributed by atoms with Gasteiger partial charge in [0.1, 0.15) is 11.2 Å². The number of fused-ring (bicyclic) bond motifs is 12. The predicted octanol–water partition coefficient (Wildman–Crippen LogP) is 11.4. The number of para-hydroxylation sites is 3. The molecule has 0 radical (unpaired) electrons. The maximum atomic E-state index is 6.89. The summed E-state index contributed by atoms with van der Waals surface area (Å²) in [5.41, 5.74) is 17.0. The van der Waals surface area contributed by atoms with Gasteiger partial charge in [-0.05, 0) is 86.4 Å². The molecule has 0 unspecified atom stereocenters. The highest BCUT2D eigenvalue weighted by atomic mass is 16.3. The molecule has 0 bridgehead atoms. The van der Waals surface area contributed by atoms with Gasteiger partial charge in [0.2, 0.25) is 0 Å². The number of hydrogen-bond acceptors (Lipinski definition) is 3. The molecular formula is C47H37BN2O. The molecule has 51 heavy (non-hydrogen) atoms. The minimum absolute atomic E-state index is 0.0540. The second-order valence-corrected chi connectivity index (χ2v) is 16.1. The van der Waals surface area contributed by atoms with Crippen LogP contribution in [0.3, 0.4) is 0 Å². The van der Waals surface area contributed by atoms with Crippen LogP contribution in [-0.4, -0.2) is 6.85 Å². The first kappa shape index (κ1) is 29.0. The van der Waals surface area contributed by atoms with Crippen LogP contribution < -0.4 is 20.6 Å². The Morgan fingerprint density at radius 2 is 1.35 bits per heavy atom. The lowest BCUT2D eigenvalue weighted by Gasteiger charge is -2.50. The Morgan fingerprint density at radius 1 is 0.627 bits per heavy atom. The van der Waals surface area contributed by atoms with Gasteiger partial charge in [-0.3, -0.25) is 0 Å². The van der Waals surface area contributed by atoms with Crippen molar-refractivity contribution < 1.29 is 4.42 Å². The van der Waals surface area contributed by atoms with E-state index in [1.807, 2.05) is 0 Å². The summed E-state index contributed by atoms with van der Waals surface area (Å²) in [4.78, 5) is 5.21. The minimum atomic E-state index is -0.171. The molecule has 4 heteroatoms. The molecule has 7 aromatic carbocycles. The molecule has 244 valence electrons. The zero-order chi connectivity index (χ0) is 34.4. The van der Waals surface area contributed by atoms with E-state index in [1.165, 1.54) is 72.4 Å². The van der Waals surface area contributed by atoms with Crippen molar-refractivity contribution in [3.05, 3.63) is 150 Å². The van der Waals surface area contributed by atoms with Crippen molar-refractivity contribution in [2.75, 3.05) is 9.71 Å². The van der Waals surface area contributed by atoms with Crippen molar-refractivity contribution in [1.82, 2.24) is 0 Å². The summed E-state index contributed by atoms with van der Waals surface area (Å²) in [6.07, 6.45) is 0. The summed E-state index contributed by atoms with van der Waals surface area (Å²) >= 11 is 0. The van der Waals surface area contributed by atoms with E-state index in [-0.39, 0.29) is 17.7 Å². The van der Waals surface area contributed by atoms with Gasteiger partial charge in [-0.2, -0.15) is 0 Å². The van der Waals surface area contributed by atoms with E-state index in [9.17, 15) is 0 Å². The number of nitrogens with zero attached hydrogens (tertiary/aromatic N) is 2. The van der Waals surface area contributed by atoms with Gasteiger partial charge in [0.25, 0.3) is 0 Å². The first-order valence-corrected chi connectivity index (χ1v) is 18.1. The maximum absolute atomic E-state index is 6.89. The van der Waals surface area contributed by atoms with E-state index in [1.54, 1.807) is 0 Å². The van der Waals surface area contributed by atoms with Crippen LogP contribution in [-0.2, 0) is 10.8 Å². The fourth-order valence-electron chi connectivity index (χ4n) is 9.51. The second kappa shape index (κ2) is 9.73. The molecule has 8 aromatic rings. The lowest BCUT2D eigenvalue weighted by molar-refractivity contribution is 0.590. The summed E-state index contributed by atoms with van der Waals surface area (Å²) in [5, 5.41) is 4.79. The van der Waals surface area contributed by atoms with E-state index >= 15 is 0 Å². The van der Waals surface area contributed by atoms with Crippen LogP contribution in [0.4, 0.5) is 28.4 Å². The summed E-state index contributed by atoms with van der Waals surface area (Å²) in [6, 6.07) is 49.8. The Hall–Kier alpha value is -5.74. The van der Waals surface area contributed by atoms with Gasteiger partial charge in [0, 0.05) is 44.2 Å². The average Bonchev–Trinajstić information content (AvgIpc) is 3.53. The standard InChI is InChI=1S/C47H37BN2O/c1-46(2,3)29-21-23-30(24-22-29)50-39-26-25-33-32-15-8-11-20-40(32)51-45(33)41(39)34-27-28-13-6-7-14-31(28)43-42(34)48(50)37-18-12-17-36-44(37)49(43)38-19-10-9-16-35(38)47(36,4)5/h6-27H,1-5H3. The van der Waals surface area contributed by atoms with Gasteiger partial charge in [-0.15, -0.1) is 0 Å². The molecule has 0 N–H and O–H groups in total. The highest BCUT2D eigenvalue weighted by Crippen LogP contribution is 2.57. The highest BCUT2D eigenvalue weighted by molar-refractivity contribution is 6.94. The number of benzene rings is 7. The number of hydrogen-bond donors (Lipinski definition) is 0. The predicted molar refractivity (Wildman–Crippen MR) is 216 cm³/mol. The Labute approximate surface area is 298 Å². The molecule has 0 saturated carbocycles. The molecule has 0 fully saturated rings. The molecule has 0 amide bonds. The van der Waals surface area contributed by atoms with E-state index in [4.69, 9.17) is 4.42 Å². The molecule has 11 rings (SSSR count). The van der Waals surface area contributed by atoms with Crippen LogP contribution in [0.15, 0.2) is 138 Å². The molecule has 4 heterocycles. The lowest BCUT2D eigenvalue weighted by atomic mass is 9.42. The third-order valence-corrected chi connectivity index (χ3v) is 12.0. The first-order valence-electron chi connectivity index (χ1n) is 18.1. The Morgan fingerprint density at radius 3 is 2.18 bits per heavy atom. The molecule has 0 aliphatic carbocycles. The van der Waals surface area contributed by atoms with Crippen LogP contribution in [0.5, 0.6) is 0 Å². The van der Waals surface area contributed by atoms with Crippen LogP contribution in [0, 0.1) is 0 Å². The molecule has 3 nitrogen and oxygen atoms in total. The molecule has 0 atom stereocenters. The third kappa shape index (κ3) is 3.70. The zero-order valence-electron chi connectivity index (χ0n) is 29.6. The van der Waals surface area contributed by atoms with Gasteiger partial charge in [0.15, 0.2) is 0 Å². The normalized spacial score (nSPS) is 15.2. The smallest absolute Gasteiger partial charge is 0.333 e. The van der Waals surface area contributed by atoms with Gasteiger partial charge >= 0.3 is 6.85 Å². The highest BCUT2D eigenvalue weighted by Gasteiger charge is 2.50. The van der Waals surface area contributed by atoms with Gasteiger partial charge in [-0.1, -0.05) is 126 Å². The van der Waals surface area contributed by atoms with Crippen LogP contribution in [0.25, 0.3) is 43.8 Å². The van der Waals surface area contributed by atoms with Crippen LogP contribution in [0.1, 0.15) is 51.3 Å². The summed E-state index contributed by atoms with van der Waals surface area (Å²) < 4.78 is 6.89. The molecule has 1 aromatic heterocycles. The molecule has 0 saturated heterocycles. The Balaban J connectivity index is 1.33. The summed E-state index contributed by atoms with van der Waals surface area (Å²) in [6.45, 7) is 11.6. The van der Waals surface area contributed by atoms with E-state index < -0.39 is 0 Å². The largest absolute Gasteiger partial charge is 0.455 e. The zero-order valence-corrected chi connectivity index (χ0v) is 29.6. The quantitative estimate of drug-likeness (QED) is 0.164. The number of furan rings is 1. The van der Waals surface area contributed by atoms with E-state index in [2.05, 4.69) is 178 Å². The Bertz CT molecular complexity index is 2780. The van der Waals surface area contributed by atoms with Gasteiger partial charge in [-0.25, -0.2) is 0 Å². The van der Waals surface area contributed by atoms with Crippen molar-refractivity contribution in [2.24, 2.45) is 0 Å². The number of rotatable bonds is 1. The first-order chi connectivity index (χ1) is 24.7. The second-order valence-electron chi connectivity index (χ2n) is 16.1. The average molecular weight is 657 g/mol. The summed E-state index contributed by atoms with van der Waals surface area (Å²) in [7, 11) is 0. The maximum Gasteiger partial charge on any atom is 0.333 e. The summed E-state index contributed by atoms with van der Waals surface area (Å²) in [5.74, 6) is 0. The van der Waals surface area contributed by atoms with Crippen LogP contribution in [0.2, 0.25) is 0 Å². The van der Waals surface area contributed by atoms with E-state index in [0.29, 0.717) is 0 Å². The minimum Gasteiger partial charge on any atom is -0.455 e. The molecule has 3 aliphatic rings. The van der Waals surface area contributed by atoms with Crippen molar-refractivity contribution in [2.45, 2.75) is 45.4 Å². The number of anilines is 5. The Kier molecular flexibility index (Phi) is 5.54. The van der Waals surface area contributed by atoms with Gasteiger partial charge in [0.05, 0.1) is 11.4 Å². The van der Waals surface area contributed by atoms with Crippen molar-refractivity contribution in [3.8, 4) is 11.1 Å². The van der Waals surface area contributed by atoms with Crippen molar-refractivity contribution >= 4 is 78.9 Å². The topological polar surface area (TPSA) is 19.6 Å². The van der Waals surface area contributed by atoms with Crippen molar-refractivity contribution in [3.63, 3.8) is 0 Å².